The minimum Gasteiger partial charge on any atom is -0.452 e. The predicted octanol–water partition coefficient (Wildman–Crippen LogP) is 4.03. The molecule has 1 amide bonds. The molecule has 0 atom stereocenters. The monoisotopic (exact) mass is 498 g/mol. The fourth-order valence-corrected chi connectivity index (χ4v) is 5.31. The summed E-state index contributed by atoms with van der Waals surface area (Å²) in [5.41, 5.74) is 0.838. The third-order valence-corrected chi connectivity index (χ3v) is 7.62. The number of nitrogens with zero attached hydrogens (tertiary/aromatic N) is 1. The lowest BCUT2D eigenvalue weighted by Crippen LogP contribution is -2.32. The van der Waals surface area contributed by atoms with Gasteiger partial charge in [-0.1, -0.05) is 42.1 Å². The summed E-state index contributed by atoms with van der Waals surface area (Å²) in [5, 5.41) is 3.52. The first-order chi connectivity index (χ1) is 15.3. The molecule has 0 unspecified atom stereocenters. The van der Waals surface area contributed by atoms with Crippen molar-refractivity contribution in [2.24, 2.45) is 0 Å². The van der Waals surface area contributed by atoms with E-state index in [0.717, 1.165) is 25.7 Å². The van der Waals surface area contributed by atoms with Crippen molar-refractivity contribution in [3.63, 3.8) is 0 Å². The molecular weight excluding hydrogens is 475 g/mol. The molecule has 0 radical (unpaired) electrons. The van der Waals surface area contributed by atoms with Gasteiger partial charge in [0, 0.05) is 29.7 Å². The highest BCUT2D eigenvalue weighted by molar-refractivity contribution is 7.89. The van der Waals surface area contributed by atoms with Gasteiger partial charge in [0.25, 0.3) is 5.91 Å². The van der Waals surface area contributed by atoms with Gasteiger partial charge in [0.05, 0.1) is 10.5 Å². The van der Waals surface area contributed by atoms with Crippen LogP contribution in [0.25, 0.3) is 0 Å². The van der Waals surface area contributed by atoms with E-state index < -0.39 is 28.5 Å². The van der Waals surface area contributed by atoms with Crippen molar-refractivity contribution >= 4 is 45.1 Å². The van der Waals surface area contributed by atoms with E-state index >= 15 is 0 Å². The van der Waals surface area contributed by atoms with E-state index in [-0.39, 0.29) is 17.0 Å². The van der Waals surface area contributed by atoms with E-state index in [4.69, 9.17) is 27.9 Å². The Morgan fingerprint density at radius 3 is 2.25 bits per heavy atom. The summed E-state index contributed by atoms with van der Waals surface area (Å²) in [7, 11) is -3.60. The van der Waals surface area contributed by atoms with Gasteiger partial charge in [-0.05, 0) is 54.8 Å². The molecule has 0 aromatic heterocycles. The second kappa shape index (κ2) is 11.1. The Labute approximate surface area is 197 Å². The maximum atomic E-state index is 12.8. The second-order valence-electron chi connectivity index (χ2n) is 7.43. The van der Waals surface area contributed by atoms with Gasteiger partial charge in [-0.2, -0.15) is 4.31 Å². The molecule has 172 valence electrons. The van der Waals surface area contributed by atoms with Gasteiger partial charge < -0.3 is 10.1 Å². The minimum atomic E-state index is -3.60. The van der Waals surface area contributed by atoms with Crippen LogP contribution in [0.1, 0.15) is 41.6 Å². The van der Waals surface area contributed by atoms with Crippen molar-refractivity contribution in [1.29, 1.82) is 0 Å². The number of benzene rings is 2. The maximum absolute atomic E-state index is 12.8. The summed E-state index contributed by atoms with van der Waals surface area (Å²) >= 11 is 11.9. The van der Waals surface area contributed by atoms with Crippen LogP contribution >= 0.6 is 23.2 Å². The molecule has 0 aliphatic carbocycles. The SMILES string of the molecule is O=C(COC(=O)c1ccc(S(=O)(=O)N2CCCCCC2)cc1)NCc1ccc(Cl)cc1Cl. The number of nitrogens with one attached hydrogen (secondary N) is 1. The van der Waals surface area contributed by atoms with Crippen molar-refractivity contribution in [2.45, 2.75) is 37.1 Å². The van der Waals surface area contributed by atoms with Crippen molar-refractivity contribution in [2.75, 3.05) is 19.7 Å². The molecule has 1 N–H and O–H groups in total. The number of esters is 1. The molecule has 10 heteroatoms. The Kier molecular flexibility index (Phi) is 8.53. The first-order valence-corrected chi connectivity index (χ1v) is 12.4. The molecule has 1 aliphatic rings. The van der Waals surface area contributed by atoms with Crippen molar-refractivity contribution in [3.8, 4) is 0 Å². The highest BCUT2D eigenvalue weighted by Crippen LogP contribution is 2.22. The third kappa shape index (κ3) is 6.45. The quantitative estimate of drug-likeness (QED) is 0.581. The Hall–Kier alpha value is -2.13. The van der Waals surface area contributed by atoms with Gasteiger partial charge in [-0.15, -0.1) is 0 Å². The zero-order chi connectivity index (χ0) is 23.1. The summed E-state index contributed by atoms with van der Waals surface area (Å²) in [6.45, 7) is 0.693. The van der Waals surface area contributed by atoms with Crippen molar-refractivity contribution < 1.29 is 22.7 Å². The van der Waals surface area contributed by atoms with Crippen molar-refractivity contribution in [1.82, 2.24) is 9.62 Å². The van der Waals surface area contributed by atoms with Crippen LogP contribution in [0.15, 0.2) is 47.4 Å². The molecule has 0 spiro atoms. The number of halogens is 2. The molecule has 0 bridgehead atoms. The Morgan fingerprint density at radius 2 is 1.62 bits per heavy atom. The summed E-state index contributed by atoms with van der Waals surface area (Å²) in [5.74, 6) is -1.21. The third-order valence-electron chi connectivity index (χ3n) is 5.12. The number of hydrogen-bond donors (Lipinski definition) is 1. The first kappa shape index (κ1) is 24.5. The number of carbonyl (C=O) groups is 2. The molecule has 3 rings (SSSR count). The molecule has 7 nitrogen and oxygen atoms in total. The smallest absolute Gasteiger partial charge is 0.338 e. The van der Waals surface area contributed by atoms with E-state index in [1.165, 1.54) is 28.6 Å². The molecule has 2 aromatic carbocycles. The summed E-state index contributed by atoms with van der Waals surface area (Å²) in [6, 6.07) is 10.5. The summed E-state index contributed by atoms with van der Waals surface area (Å²) in [4.78, 5) is 24.3. The zero-order valence-electron chi connectivity index (χ0n) is 17.4. The van der Waals surface area contributed by atoms with Crippen LogP contribution in [-0.2, 0) is 26.1 Å². The fraction of sp³-hybridized carbons (Fsp3) is 0.364. The van der Waals surface area contributed by atoms with E-state index in [1.807, 2.05) is 0 Å². The Morgan fingerprint density at radius 1 is 0.969 bits per heavy atom. The normalized spacial score (nSPS) is 15.1. The molecular formula is C22H24Cl2N2O5S. The van der Waals surface area contributed by atoms with Crippen LogP contribution in [0.2, 0.25) is 10.0 Å². The van der Waals surface area contributed by atoms with Gasteiger partial charge in [0.1, 0.15) is 0 Å². The molecule has 1 fully saturated rings. The fourth-order valence-electron chi connectivity index (χ4n) is 3.32. The topological polar surface area (TPSA) is 92.8 Å². The standard InChI is InChI=1S/C22H24Cl2N2O5S/c23-18-8-5-17(20(24)13-18)14-25-21(27)15-31-22(28)16-6-9-19(10-7-16)32(29,30)26-11-3-1-2-4-12-26/h5-10,13H,1-4,11-12,14-15H2,(H,25,27). The van der Waals surface area contributed by atoms with Crippen LogP contribution < -0.4 is 5.32 Å². The predicted molar refractivity (Wildman–Crippen MR) is 122 cm³/mol. The molecule has 32 heavy (non-hydrogen) atoms. The lowest BCUT2D eigenvalue weighted by atomic mass is 10.2. The summed E-state index contributed by atoms with van der Waals surface area (Å²) in [6.07, 6.45) is 3.74. The van der Waals surface area contributed by atoms with Gasteiger partial charge in [0.2, 0.25) is 10.0 Å². The van der Waals surface area contributed by atoms with Gasteiger partial charge in [0.15, 0.2) is 6.61 Å². The van der Waals surface area contributed by atoms with Crippen LogP contribution in [0, 0.1) is 0 Å². The molecule has 0 saturated carbocycles. The number of carbonyl (C=O) groups excluding carboxylic acids is 2. The van der Waals surface area contributed by atoms with Gasteiger partial charge in [-0.25, -0.2) is 13.2 Å². The number of hydrogen-bond acceptors (Lipinski definition) is 5. The van der Waals surface area contributed by atoms with Crippen LogP contribution in [0.5, 0.6) is 0 Å². The van der Waals surface area contributed by atoms with E-state index in [0.29, 0.717) is 28.7 Å². The summed E-state index contributed by atoms with van der Waals surface area (Å²) < 4.78 is 32.1. The lowest BCUT2D eigenvalue weighted by molar-refractivity contribution is -0.124. The van der Waals surface area contributed by atoms with Crippen molar-refractivity contribution in [3.05, 3.63) is 63.6 Å². The van der Waals surface area contributed by atoms with Gasteiger partial charge in [-0.3, -0.25) is 4.79 Å². The van der Waals surface area contributed by atoms with Gasteiger partial charge >= 0.3 is 5.97 Å². The number of sulfonamides is 1. The number of rotatable bonds is 7. The molecule has 1 heterocycles. The molecule has 1 saturated heterocycles. The van der Waals surface area contributed by atoms with E-state index in [2.05, 4.69) is 5.32 Å². The maximum Gasteiger partial charge on any atom is 0.338 e. The average molecular weight is 499 g/mol. The highest BCUT2D eigenvalue weighted by atomic mass is 35.5. The Bertz CT molecular complexity index is 1070. The second-order valence-corrected chi connectivity index (χ2v) is 10.2. The van der Waals surface area contributed by atoms with Crippen LogP contribution in [-0.4, -0.2) is 44.3 Å². The zero-order valence-corrected chi connectivity index (χ0v) is 19.7. The Balaban J connectivity index is 1.52. The average Bonchev–Trinajstić information content (AvgIpc) is 3.07. The van der Waals surface area contributed by atoms with E-state index in [1.54, 1.807) is 18.2 Å². The van der Waals surface area contributed by atoms with E-state index in [9.17, 15) is 18.0 Å². The number of ether oxygens (including phenoxy) is 1. The lowest BCUT2D eigenvalue weighted by Gasteiger charge is -2.19. The molecule has 1 aliphatic heterocycles. The number of amides is 1. The van der Waals surface area contributed by atoms with Crippen LogP contribution in [0.4, 0.5) is 0 Å². The molecule has 2 aromatic rings. The minimum absolute atomic E-state index is 0.133. The highest BCUT2D eigenvalue weighted by Gasteiger charge is 2.25. The largest absolute Gasteiger partial charge is 0.452 e. The van der Waals surface area contributed by atoms with Crippen LogP contribution in [0.3, 0.4) is 0 Å². The first-order valence-electron chi connectivity index (χ1n) is 10.3.